The molecule has 1 fully saturated rings. The molecule has 1 saturated heterocycles. The Morgan fingerprint density at radius 2 is 1.94 bits per heavy atom. The van der Waals surface area contributed by atoms with Crippen molar-refractivity contribution < 1.29 is 30.7 Å². The van der Waals surface area contributed by atoms with Crippen molar-refractivity contribution in [2.24, 2.45) is 5.92 Å². The van der Waals surface area contributed by atoms with E-state index in [4.69, 9.17) is 4.74 Å². The molecule has 3 heterocycles. The van der Waals surface area contributed by atoms with E-state index in [0.29, 0.717) is 37.5 Å². The van der Waals surface area contributed by atoms with Crippen LogP contribution >= 0.6 is 0 Å². The van der Waals surface area contributed by atoms with Crippen molar-refractivity contribution in [3.8, 4) is 22.9 Å². The quantitative estimate of drug-likeness (QED) is 0.302. The van der Waals surface area contributed by atoms with Crippen LogP contribution in [0.15, 0.2) is 36.7 Å². The van der Waals surface area contributed by atoms with Gasteiger partial charge in [0.15, 0.2) is 17.4 Å². The molecule has 3 aromatic rings. The number of hydrogen-bond donors (Lipinski definition) is 3. The molecule has 0 saturated carbocycles. The third-order valence-corrected chi connectivity index (χ3v) is 5.89. The molecule has 36 heavy (non-hydrogen) atoms. The fraction of sp³-hybridized carbons (Fsp3) is 0.318. The maximum Gasteiger partial charge on any atom is 0.230 e. The van der Waals surface area contributed by atoms with Crippen molar-refractivity contribution in [1.82, 2.24) is 20.3 Å². The van der Waals surface area contributed by atoms with Crippen molar-refractivity contribution >= 4 is 21.7 Å². The highest BCUT2D eigenvalue weighted by atomic mass is 32.2. The van der Waals surface area contributed by atoms with Crippen LogP contribution in [-0.4, -0.2) is 55.4 Å². The van der Waals surface area contributed by atoms with E-state index < -0.39 is 45.6 Å². The maximum absolute atomic E-state index is 14.6. The highest BCUT2D eigenvalue weighted by Crippen LogP contribution is 2.35. The van der Waals surface area contributed by atoms with Crippen molar-refractivity contribution in [1.29, 1.82) is 0 Å². The molecule has 1 aliphatic heterocycles. The van der Waals surface area contributed by atoms with E-state index in [9.17, 15) is 26.0 Å². The van der Waals surface area contributed by atoms with E-state index >= 15 is 0 Å². The summed E-state index contributed by atoms with van der Waals surface area (Å²) in [6, 6.07) is 5.06. The van der Waals surface area contributed by atoms with Crippen LogP contribution in [0.4, 0.5) is 29.2 Å². The lowest BCUT2D eigenvalue weighted by molar-refractivity contribution is 0.282. The first-order valence-electron chi connectivity index (χ1n) is 10.8. The Morgan fingerprint density at radius 1 is 1.14 bits per heavy atom. The molecule has 2 aromatic heterocycles. The summed E-state index contributed by atoms with van der Waals surface area (Å²) in [5, 5.41) is 6.29. The van der Waals surface area contributed by atoms with Crippen LogP contribution < -0.4 is 20.1 Å². The van der Waals surface area contributed by atoms with Gasteiger partial charge in [-0.3, -0.25) is 9.11 Å². The lowest BCUT2D eigenvalue weighted by Gasteiger charge is -2.29. The van der Waals surface area contributed by atoms with Crippen molar-refractivity contribution in [3.05, 3.63) is 54.1 Å². The number of hydrogen-bond acceptors (Lipinski definition) is 8. The number of nitrogens with zero attached hydrogens (tertiary/aromatic N) is 3. The number of pyridine rings is 1. The molecule has 0 bridgehead atoms. The smallest absolute Gasteiger partial charge is 0.230 e. The first-order valence-corrected chi connectivity index (χ1v) is 12.7. The van der Waals surface area contributed by atoms with Gasteiger partial charge in [-0.2, -0.15) is 4.39 Å². The molecule has 192 valence electrons. The Kier molecular flexibility index (Phi) is 7.54. The number of anilines is 2. The zero-order chi connectivity index (χ0) is 25.9. The minimum Gasteiger partial charge on any atom is -0.435 e. The van der Waals surface area contributed by atoms with Crippen LogP contribution in [0.3, 0.4) is 0 Å². The van der Waals surface area contributed by atoms with Crippen LogP contribution in [0, 0.1) is 23.4 Å². The minimum atomic E-state index is -4.07. The molecular weight excluding hydrogens is 504 g/mol. The monoisotopic (exact) mass is 526 g/mol. The second-order valence-corrected chi connectivity index (χ2v) is 9.96. The SMILES string of the molecule is CS(=O)(=O)Nc1c(F)cc(Oc2ncccc2-c2ccnc(NC3CNCC(CF)C3)n2)c(F)c1F. The van der Waals surface area contributed by atoms with Crippen molar-refractivity contribution in [2.75, 3.05) is 36.1 Å². The standard InChI is InChI=1S/C22H22F4N6O3S/c1-36(33,34)32-20-15(24)8-17(18(25)19(20)26)35-21-14(3-2-5-28-21)16-4-6-29-22(31-16)30-13-7-12(9-23)10-27-11-13/h2-6,8,12-13,27,32H,7,9-11H2,1H3,(H,29,30,31). The van der Waals surface area contributed by atoms with E-state index in [1.807, 2.05) is 0 Å². The maximum atomic E-state index is 14.6. The molecule has 0 amide bonds. The third-order valence-electron chi connectivity index (χ3n) is 5.31. The van der Waals surface area contributed by atoms with Crippen LogP contribution in [0.25, 0.3) is 11.3 Å². The van der Waals surface area contributed by atoms with Crippen molar-refractivity contribution in [3.63, 3.8) is 0 Å². The van der Waals surface area contributed by atoms with Crippen LogP contribution in [-0.2, 0) is 10.0 Å². The summed E-state index contributed by atoms with van der Waals surface area (Å²) in [4.78, 5) is 12.6. The topological polar surface area (TPSA) is 118 Å². The number of benzene rings is 1. The van der Waals surface area contributed by atoms with Gasteiger partial charge >= 0.3 is 0 Å². The van der Waals surface area contributed by atoms with Crippen LogP contribution in [0.1, 0.15) is 6.42 Å². The number of sulfonamides is 1. The molecule has 0 radical (unpaired) electrons. The Morgan fingerprint density at radius 3 is 2.69 bits per heavy atom. The van der Waals surface area contributed by atoms with E-state index in [2.05, 4.69) is 25.6 Å². The Balaban J connectivity index is 1.61. The number of nitrogens with one attached hydrogen (secondary N) is 3. The van der Waals surface area contributed by atoms with Gasteiger partial charge in [-0.15, -0.1) is 0 Å². The minimum absolute atomic E-state index is 0.0986. The highest BCUT2D eigenvalue weighted by molar-refractivity contribution is 7.92. The summed E-state index contributed by atoms with van der Waals surface area (Å²) in [5.74, 6) is -5.68. The molecule has 4 rings (SSSR count). The number of aromatic nitrogens is 3. The first-order chi connectivity index (χ1) is 17.1. The highest BCUT2D eigenvalue weighted by Gasteiger charge is 2.25. The predicted molar refractivity (Wildman–Crippen MR) is 124 cm³/mol. The van der Waals surface area contributed by atoms with Gasteiger partial charge in [-0.1, -0.05) is 0 Å². The molecule has 0 spiro atoms. The third kappa shape index (κ3) is 5.99. The molecule has 1 aliphatic rings. The van der Waals surface area contributed by atoms with Gasteiger partial charge in [0.1, 0.15) is 5.69 Å². The van der Waals surface area contributed by atoms with Gasteiger partial charge in [-0.25, -0.2) is 32.2 Å². The first kappa shape index (κ1) is 25.6. The van der Waals surface area contributed by atoms with Gasteiger partial charge in [0, 0.05) is 43.5 Å². The Hall–Kier alpha value is -3.52. The molecule has 2 unspecified atom stereocenters. The number of alkyl halides is 1. The van der Waals surface area contributed by atoms with E-state index in [0.717, 1.165) is 0 Å². The van der Waals surface area contributed by atoms with Gasteiger partial charge in [0.2, 0.25) is 27.7 Å². The van der Waals surface area contributed by atoms with E-state index in [1.54, 1.807) is 16.9 Å². The van der Waals surface area contributed by atoms with Crippen molar-refractivity contribution in [2.45, 2.75) is 12.5 Å². The number of halogens is 4. The van der Waals surface area contributed by atoms with Crippen LogP contribution in [0.5, 0.6) is 11.6 Å². The van der Waals surface area contributed by atoms with Gasteiger partial charge in [0.25, 0.3) is 0 Å². The Bertz CT molecular complexity index is 1360. The normalized spacial score (nSPS) is 18.0. The molecule has 1 aromatic carbocycles. The summed E-state index contributed by atoms with van der Waals surface area (Å²) in [6.07, 6.45) is 4.06. The fourth-order valence-electron chi connectivity index (χ4n) is 3.72. The zero-order valence-electron chi connectivity index (χ0n) is 18.9. The summed E-state index contributed by atoms with van der Waals surface area (Å²) in [7, 11) is -4.07. The second kappa shape index (κ2) is 10.6. The molecule has 9 nitrogen and oxygen atoms in total. The summed E-state index contributed by atoms with van der Waals surface area (Å²) in [6.45, 7) is 0.756. The number of ether oxygens (including phenoxy) is 1. The number of rotatable bonds is 8. The molecule has 3 N–H and O–H groups in total. The summed E-state index contributed by atoms with van der Waals surface area (Å²) >= 11 is 0. The van der Waals surface area contributed by atoms with Gasteiger partial charge < -0.3 is 15.4 Å². The molecule has 2 atom stereocenters. The summed E-state index contributed by atoms with van der Waals surface area (Å²) < 4.78 is 86.1. The molecular formula is C22H22F4N6O3S. The Labute approximate surface area is 204 Å². The molecule has 14 heteroatoms. The van der Waals surface area contributed by atoms with E-state index in [1.165, 1.54) is 18.5 Å². The largest absolute Gasteiger partial charge is 0.435 e. The van der Waals surface area contributed by atoms with Gasteiger partial charge in [0.05, 0.1) is 24.2 Å². The average Bonchev–Trinajstić information content (AvgIpc) is 2.85. The van der Waals surface area contributed by atoms with Crippen LogP contribution in [0.2, 0.25) is 0 Å². The molecule has 0 aliphatic carbocycles. The fourth-order valence-corrected chi connectivity index (χ4v) is 4.27. The average molecular weight is 527 g/mol. The lowest BCUT2D eigenvalue weighted by atomic mass is 9.97. The predicted octanol–water partition coefficient (Wildman–Crippen LogP) is 3.48. The van der Waals surface area contributed by atoms with Gasteiger partial charge in [-0.05, 0) is 24.6 Å². The number of piperidine rings is 1. The lowest BCUT2D eigenvalue weighted by Crippen LogP contribution is -2.44. The zero-order valence-corrected chi connectivity index (χ0v) is 19.8. The second-order valence-electron chi connectivity index (χ2n) is 8.21. The summed E-state index contributed by atoms with van der Waals surface area (Å²) in [5.41, 5.74) is -0.578. The van der Waals surface area contributed by atoms with E-state index in [-0.39, 0.29) is 29.4 Å².